The molecule has 0 aliphatic carbocycles. The lowest BCUT2D eigenvalue weighted by Crippen LogP contribution is -2.15. The summed E-state index contributed by atoms with van der Waals surface area (Å²) in [5.41, 5.74) is 1.31. The molecule has 1 heterocycles. The minimum atomic E-state index is 0.849. The highest BCUT2D eigenvalue weighted by molar-refractivity contribution is 7.16. The van der Waals surface area contributed by atoms with Crippen LogP contribution in [0.25, 0.3) is 0 Å². The number of nitrogens with one attached hydrogen (secondary N) is 1. The highest BCUT2D eigenvalue weighted by Gasteiger charge is 1.98. The lowest BCUT2D eigenvalue weighted by Gasteiger charge is -2.04. The average Bonchev–Trinajstić information content (AvgIpc) is 2.81. The molecule has 0 radical (unpaired) electrons. The summed E-state index contributed by atoms with van der Waals surface area (Å²) in [6.45, 7) is 1.84. The molecule has 0 saturated heterocycles. The number of thiophene rings is 1. The molecule has 0 aliphatic rings. The maximum Gasteiger partial charge on any atom is 0.118 e. The molecule has 0 aliphatic heterocycles. The van der Waals surface area contributed by atoms with Crippen molar-refractivity contribution in [1.29, 1.82) is 0 Å². The number of benzene rings is 1. The number of halogens is 1. The summed E-state index contributed by atoms with van der Waals surface area (Å²) in [6, 6.07) is 12.2. The van der Waals surface area contributed by atoms with E-state index < -0.39 is 0 Å². The zero-order valence-electron chi connectivity index (χ0n) is 10.3. The van der Waals surface area contributed by atoms with Crippen molar-refractivity contribution in [1.82, 2.24) is 5.32 Å². The van der Waals surface area contributed by atoms with Gasteiger partial charge in [0, 0.05) is 11.4 Å². The van der Waals surface area contributed by atoms with E-state index in [1.54, 1.807) is 18.4 Å². The lowest BCUT2D eigenvalue weighted by atomic mass is 10.1. The van der Waals surface area contributed by atoms with Crippen molar-refractivity contribution in [2.45, 2.75) is 13.0 Å². The molecule has 0 atom stereocenters. The van der Waals surface area contributed by atoms with Gasteiger partial charge in [0.05, 0.1) is 11.4 Å². The first-order valence-corrected chi connectivity index (χ1v) is 7.05. The highest BCUT2D eigenvalue weighted by Crippen LogP contribution is 2.20. The Kier molecular flexibility index (Phi) is 5.05. The van der Waals surface area contributed by atoms with Crippen LogP contribution in [0.4, 0.5) is 0 Å². The Bertz CT molecular complexity index is 481. The van der Waals surface area contributed by atoms with Crippen LogP contribution in [0.2, 0.25) is 4.34 Å². The highest BCUT2D eigenvalue weighted by atomic mass is 35.5. The van der Waals surface area contributed by atoms with Crippen LogP contribution in [-0.4, -0.2) is 13.7 Å². The van der Waals surface area contributed by atoms with E-state index in [-0.39, 0.29) is 0 Å². The molecule has 0 unspecified atom stereocenters. The summed E-state index contributed by atoms with van der Waals surface area (Å²) >= 11 is 7.50. The maximum atomic E-state index is 5.88. The molecule has 1 aromatic heterocycles. The number of rotatable bonds is 6. The van der Waals surface area contributed by atoms with E-state index in [0.29, 0.717) is 0 Å². The van der Waals surface area contributed by atoms with Gasteiger partial charge >= 0.3 is 0 Å². The van der Waals surface area contributed by atoms with Crippen LogP contribution >= 0.6 is 22.9 Å². The van der Waals surface area contributed by atoms with E-state index in [9.17, 15) is 0 Å². The molecule has 2 aromatic rings. The van der Waals surface area contributed by atoms with Gasteiger partial charge in [0.25, 0.3) is 0 Å². The van der Waals surface area contributed by atoms with Crippen molar-refractivity contribution in [2.75, 3.05) is 13.7 Å². The summed E-state index contributed by atoms with van der Waals surface area (Å²) in [5.74, 6) is 0.903. The van der Waals surface area contributed by atoms with Crippen LogP contribution < -0.4 is 10.1 Å². The van der Waals surface area contributed by atoms with Gasteiger partial charge in [-0.15, -0.1) is 11.3 Å². The van der Waals surface area contributed by atoms with Crippen molar-refractivity contribution in [2.24, 2.45) is 0 Å². The molecule has 0 fully saturated rings. The summed E-state index contributed by atoms with van der Waals surface area (Å²) in [4.78, 5) is 1.27. The third kappa shape index (κ3) is 4.02. The lowest BCUT2D eigenvalue weighted by molar-refractivity contribution is 0.414. The van der Waals surface area contributed by atoms with Crippen LogP contribution in [0.3, 0.4) is 0 Å². The molecule has 0 bridgehead atoms. The molecule has 0 amide bonds. The second-order valence-electron chi connectivity index (χ2n) is 3.98. The van der Waals surface area contributed by atoms with Crippen molar-refractivity contribution in [3.05, 3.63) is 51.2 Å². The Morgan fingerprint density at radius 3 is 2.56 bits per heavy atom. The van der Waals surface area contributed by atoms with E-state index in [1.165, 1.54) is 10.4 Å². The van der Waals surface area contributed by atoms with E-state index in [2.05, 4.69) is 23.5 Å². The van der Waals surface area contributed by atoms with E-state index in [0.717, 1.165) is 29.6 Å². The van der Waals surface area contributed by atoms with Gasteiger partial charge in [0.2, 0.25) is 0 Å². The van der Waals surface area contributed by atoms with Gasteiger partial charge in [0.15, 0.2) is 0 Å². The number of ether oxygens (including phenoxy) is 1. The van der Waals surface area contributed by atoms with Crippen molar-refractivity contribution >= 4 is 22.9 Å². The Labute approximate surface area is 117 Å². The molecule has 2 nitrogen and oxygen atoms in total. The Morgan fingerprint density at radius 2 is 1.94 bits per heavy atom. The molecular weight excluding hydrogens is 266 g/mol. The smallest absolute Gasteiger partial charge is 0.118 e. The predicted octanol–water partition coefficient (Wildman–Crippen LogP) is 3.74. The Hall–Kier alpha value is -1.03. The SMILES string of the molecule is COc1ccc(CCNCc2ccc(Cl)s2)cc1. The Balaban J connectivity index is 1.71. The quantitative estimate of drug-likeness (QED) is 0.815. The average molecular weight is 282 g/mol. The predicted molar refractivity (Wildman–Crippen MR) is 77.7 cm³/mol. The number of methoxy groups -OCH3 is 1. The first-order chi connectivity index (χ1) is 8.78. The van der Waals surface area contributed by atoms with Gasteiger partial charge in [-0.2, -0.15) is 0 Å². The van der Waals surface area contributed by atoms with Crippen LogP contribution in [-0.2, 0) is 13.0 Å². The van der Waals surface area contributed by atoms with Crippen molar-refractivity contribution in [3.8, 4) is 5.75 Å². The van der Waals surface area contributed by atoms with Crippen LogP contribution in [0, 0.1) is 0 Å². The molecule has 1 N–H and O–H groups in total. The van der Waals surface area contributed by atoms with Gasteiger partial charge in [-0.3, -0.25) is 0 Å². The summed E-state index contributed by atoms with van der Waals surface area (Å²) in [7, 11) is 1.68. The number of hydrogen-bond donors (Lipinski definition) is 1. The zero-order valence-corrected chi connectivity index (χ0v) is 11.9. The molecular formula is C14H16ClNOS. The largest absolute Gasteiger partial charge is 0.497 e. The number of hydrogen-bond acceptors (Lipinski definition) is 3. The van der Waals surface area contributed by atoms with Gasteiger partial charge in [0.1, 0.15) is 5.75 Å². The molecule has 2 rings (SSSR count). The third-order valence-electron chi connectivity index (χ3n) is 2.68. The Morgan fingerprint density at radius 1 is 1.17 bits per heavy atom. The van der Waals surface area contributed by atoms with Crippen LogP contribution in [0.5, 0.6) is 5.75 Å². The fourth-order valence-electron chi connectivity index (χ4n) is 1.68. The van der Waals surface area contributed by atoms with Gasteiger partial charge < -0.3 is 10.1 Å². The van der Waals surface area contributed by atoms with Gasteiger partial charge in [-0.25, -0.2) is 0 Å². The van der Waals surface area contributed by atoms with Crippen molar-refractivity contribution < 1.29 is 4.74 Å². The fraction of sp³-hybridized carbons (Fsp3) is 0.286. The van der Waals surface area contributed by atoms with Crippen molar-refractivity contribution in [3.63, 3.8) is 0 Å². The summed E-state index contributed by atoms with van der Waals surface area (Å²) in [5, 5.41) is 3.41. The van der Waals surface area contributed by atoms with Crippen LogP contribution in [0.1, 0.15) is 10.4 Å². The minimum Gasteiger partial charge on any atom is -0.497 e. The standard InChI is InChI=1S/C14H16ClNOS/c1-17-12-4-2-11(3-5-12)8-9-16-10-13-6-7-14(15)18-13/h2-7,16H,8-10H2,1H3. The molecule has 18 heavy (non-hydrogen) atoms. The van der Waals surface area contributed by atoms with E-state index >= 15 is 0 Å². The molecule has 0 spiro atoms. The summed E-state index contributed by atoms with van der Waals surface area (Å²) < 4.78 is 5.98. The van der Waals surface area contributed by atoms with E-state index in [4.69, 9.17) is 16.3 Å². The fourth-order valence-corrected chi connectivity index (χ4v) is 2.74. The second-order valence-corrected chi connectivity index (χ2v) is 5.78. The molecule has 4 heteroatoms. The monoisotopic (exact) mass is 281 g/mol. The zero-order chi connectivity index (χ0) is 12.8. The van der Waals surface area contributed by atoms with E-state index in [1.807, 2.05) is 18.2 Å². The maximum absolute atomic E-state index is 5.88. The second kappa shape index (κ2) is 6.78. The molecule has 1 aromatic carbocycles. The third-order valence-corrected chi connectivity index (χ3v) is 3.91. The minimum absolute atomic E-state index is 0.849. The first-order valence-electron chi connectivity index (χ1n) is 5.86. The van der Waals surface area contributed by atoms with Gasteiger partial charge in [-0.1, -0.05) is 23.7 Å². The summed E-state index contributed by atoms with van der Waals surface area (Å²) in [6.07, 6.45) is 1.02. The molecule has 0 saturated carbocycles. The van der Waals surface area contributed by atoms with Gasteiger partial charge in [-0.05, 0) is 42.8 Å². The first kappa shape index (κ1) is 13.4. The normalized spacial score (nSPS) is 10.6. The topological polar surface area (TPSA) is 21.3 Å². The van der Waals surface area contributed by atoms with Crippen LogP contribution in [0.15, 0.2) is 36.4 Å². The molecule has 96 valence electrons.